The molecule has 0 unspecified atom stereocenters. The maximum Gasteiger partial charge on any atom is 0.354 e. The van der Waals surface area contributed by atoms with Crippen molar-refractivity contribution in [3.05, 3.63) is 47.4 Å². The number of aromatic carboxylic acids is 1. The van der Waals surface area contributed by atoms with Crippen LogP contribution in [0.1, 0.15) is 16.3 Å². The number of benzene rings is 1. The summed E-state index contributed by atoms with van der Waals surface area (Å²) in [5.74, 6) is -2.94. The Bertz CT molecular complexity index is 629. The molecule has 0 aliphatic heterocycles. The van der Waals surface area contributed by atoms with Gasteiger partial charge >= 0.3 is 5.97 Å². The minimum absolute atomic E-state index is 0.192. The van der Waals surface area contributed by atoms with E-state index in [1.165, 1.54) is 19.1 Å². The summed E-state index contributed by atoms with van der Waals surface area (Å²) in [5.41, 5.74) is 0.336. The molecule has 92 valence electrons. The van der Waals surface area contributed by atoms with Crippen LogP contribution in [0.3, 0.4) is 0 Å². The molecule has 0 saturated heterocycles. The second-order valence-corrected chi connectivity index (χ2v) is 3.62. The molecule has 0 fully saturated rings. The normalized spacial score (nSPS) is 10.4. The Morgan fingerprint density at radius 2 is 1.89 bits per heavy atom. The lowest BCUT2D eigenvalue weighted by Crippen LogP contribution is -2.04. The van der Waals surface area contributed by atoms with Gasteiger partial charge in [0.2, 0.25) is 0 Å². The van der Waals surface area contributed by atoms with E-state index in [-0.39, 0.29) is 17.2 Å². The fraction of sp³-hybridized carbons (Fsp3) is 0.0833. The Balaban J connectivity index is 2.56. The maximum absolute atomic E-state index is 13.1. The second kappa shape index (κ2) is 4.48. The van der Waals surface area contributed by atoms with Crippen molar-refractivity contribution in [2.24, 2.45) is 0 Å². The van der Waals surface area contributed by atoms with Gasteiger partial charge in [-0.2, -0.15) is 0 Å². The number of hydrogen-bond donors (Lipinski definition) is 1. The van der Waals surface area contributed by atoms with Crippen LogP contribution >= 0.6 is 0 Å². The first-order valence-corrected chi connectivity index (χ1v) is 5.02. The summed E-state index contributed by atoms with van der Waals surface area (Å²) in [6.45, 7) is 1.52. The first-order chi connectivity index (χ1) is 8.47. The van der Waals surface area contributed by atoms with E-state index in [1.54, 1.807) is 0 Å². The van der Waals surface area contributed by atoms with Crippen LogP contribution in [0.5, 0.6) is 0 Å². The number of aromatic nitrogens is 2. The molecule has 6 heteroatoms. The molecule has 1 aromatic heterocycles. The fourth-order valence-electron chi connectivity index (χ4n) is 1.48. The predicted octanol–water partition coefficient (Wildman–Crippen LogP) is 2.43. The first kappa shape index (κ1) is 12.1. The number of carboxylic acids is 1. The molecule has 0 aliphatic rings. The van der Waals surface area contributed by atoms with Crippen molar-refractivity contribution in [1.82, 2.24) is 9.97 Å². The third-order valence-corrected chi connectivity index (χ3v) is 2.27. The van der Waals surface area contributed by atoms with Crippen molar-refractivity contribution in [2.75, 3.05) is 0 Å². The lowest BCUT2D eigenvalue weighted by atomic mass is 10.1. The van der Waals surface area contributed by atoms with Crippen LogP contribution in [0, 0.1) is 18.6 Å². The third kappa shape index (κ3) is 2.32. The van der Waals surface area contributed by atoms with Gasteiger partial charge in [0.1, 0.15) is 5.82 Å². The average molecular weight is 250 g/mol. The SMILES string of the molecule is Cc1nc(C(=O)O)cc(-c2ccc(F)c(F)c2)n1. The minimum Gasteiger partial charge on any atom is -0.477 e. The summed E-state index contributed by atoms with van der Waals surface area (Å²) < 4.78 is 25.9. The van der Waals surface area contributed by atoms with Gasteiger partial charge in [-0.25, -0.2) is 23.5 Å². The molecule has 0 aliphatic carbocycles. The Morgan fingerprint density at radius 3 is 2.50 bits per heavy atom. The summed E-state index contributed by atoms with van der Waals surface area (Å²) >= 11 is 0. The Labute approximate surface area is 101 Å². The molecule has 0 radical (unpaired) electrons. The van der Waals surface area contributed by atoms with Gasteiger partial charge in [0.15, 0.2) is 17.3 Å². The van der Waals surface area contributed by atoms with Crippen LogP contribution in [0.2, 0.25) is 0 Å². The van der Waals surface area contributed by atoms with E-state index in [4.69, 9.17) is 5.11 Å². The largest absolute Gasteiger partial charge is 0.477 e. The van der Waals surface area contributed by atoms with Crippen LogP contribution in [0.25, 0.3) is 11.3 Å². The quantitative estimate of drug-likeness (QED) is 0.889. The van der Waals surface area contributed by atoms with Crippen molar-refractivity contribution in [2.45, 2.75) is 6.92 Å². The zero-order chi connectivity index (χ0) is 13.3. The van der Waals surface area contributed by atoms with Crippen LogP contribution in [0.4, 0.5) is 8.78 Å². The van der Waals surface area contributed by atoms with Gasteiger partial charge in [0.25, 0.3) is 0 Å². The van der Waals surface area contributed by atoms with Crippen LogP contribution in [0.15, 0.2) is 24.3 Å². The van der Waals surface area contributed by atoms with E-state index in [2.05, 4.69) is 9.97 Å². The third-order valence-electron chi connectivity index (χ3n) is 2.27. The number of halogens is 2. The van der Waals surface area contributed by atoms with Gasteiger partial charge in [0, 0.05) is 5.56 Å². The molecule has 1 N–H and O–H groups in total. The average Bonchev–Trinajstić information content (AvgIpc) is 2.31. The summed E-state index contributed by atoms with van der Waals surface area (Å²) in [6.07, 6.45) is 0. The number of rotatable bonds is 2. The maximum atomic E-state index is 13.1. The van der Waals surface area contributed by atoms with E-state index in [0.717, 1.165) is 12.1 Å². The van der Waals surface area contributed by atoms with Crippen molar-refractivity contribution in [1.29, 1.82) is 0 Å². The standard InChI is InChI=1S/C12H8F2N2O2/c1-6-15-10(5-11(16-6)12(17)18)7-2-3-8(13)9(14)4-7/h2-5H,1H3,(H,17,18). The number of aryl methyl sites for hydroxylation is 1. The summed E-state index contributed by atoms with van der Waals surface area (Å²) in [4.78, 5) is 18.5. The molecular weight excluding hydrogens is 242 g/mol. The molecule has 0 bridgehead atoms. The highest BCUT2D eigenvalue weighted by Gasteiger charge is 2.11. The Kier molecular flexibility index (Phi) is 3.01. The van der Waals surface area contributed by atoms with Gasteiger partial charge in [-0.05, 0) is 31.2 Å². The van der Waals surface area contributed by atoms with E-state index in [9.17, 15) is 13.6 Å². The highest BCUT2D eigenvalue weighted by molar-refractivity contribution is 5.86. The summed E-state index contributed by atoms with van der Waals surface area (Å²) in [7, 11) is 0. The Hall–Kier alpha value is -2.37. The first-order valence-electron chi connectivity index (χ1n) is 5.02. The predicted molar refractivity (Wildman–Crippen MR) is 59.1 cm³/mol. The van der Waals surface area contributed by atoms with E-state index >= 15 is 0 Å². The second-order valence-electron chi connectivity index (χ2n) is 3.62. The number of carbonyl (C=O) groups is 1. The van der Waals surface area contributed by atoms with Gasteiger partial charge in [0.05, 0.1) is 5.69 Å². The summed E-state index contributed by atoms with van der Waals surface area (Å²) in [5, 5.41) is 8.85. The summed E-state index contributed by atoms with van der Waals surface area (Å²) in [6, 6.07) is 4.46. The number of hydrogen-bond acceptors (Lipinski definition) is 3. The molecule has 1 aromatic carbocycles. The van der Waals surface area contributed by atoms with Crippen LogP contribution in [-0.2, 0) is 0 Å². The zero-order valence-electron chi connectivity index (χ0n) is 9.32. The molecule has 1 heterocycles. The molecule has 0 spiro atoms. The fourth-order valence-corrected chi connectivity index (χ4v) is 1.48. The van der Waals surface area contributed by atoms with Crippen LogP contribution < -0.4 is 0 Å². The van der Waals surface area contributed by atoms with Gasteiger partial charge in [-0.3, -0.25) is 0 Å². The van der Waals surface area contributed by atoms with Crippen molar-refractivity contribution >= 4 is 5.97 Å². The van der Waals surface area contributed by atoms with Crippen molar-refractivity contribution < 1.29 is 18.7 Å². The smallest absolute Gasteiger partial charge is 0.354 e. The monoisotopic (exact) mass is 250 g/mol. The molecule has 0 atom stereocenters. The topological polar surface area (TPSA) is 63.1 Å². The zero-order valence-corrected chi connectivity index (χ0v) is 9.32. The molecule has 2 rings (SSSR count). The van der Waals surface area contributed by atoms with E-state index < -0.39 is 17.6 Å². The molecule has 18 heavy (non-hydrogen) atoms. The highest BCUT2D eigenvalue weighted by atomic mass is 19.2. The Morgan fingerprint density at radius 1 is 1.17 bits per heavy atom. The van der Waals surface area contributed by atoms with Gasteiger partial charge in [-0.1, -0.05) is 0 Å². The van der Waals surface area contributed by atoms with Crippen LogP contribution in [-0.4, -0.2) is 21.0 Å². The molecule has 0 saturated carbocycles. The highest BCUT2D eigenvalue weighted by Crippen LogP contribution is 2.20. The number of nitrogens with zero attached hydrogens (tertiary/aromatic N) is 2. The number of carboxylic acid groups (broad SMARTS) is 1. The molecule has 2 aromatic rings. The molecular formula is C12H8F2N2O2. The molecule has 4 nitrogen and oxygen atoms in total. The van der Waals surface area contributed by atoms with E-state index in [0.29, 0.717) is 5.56 Å². The van der Waals surface area contributed by atoms with Gasteiger partial charge < -0.3 is 5.11 Å². The lowest BCUT2D eigenvalue weighted by molar-refractivity contribution is 0.0690. The lowest BCUT2D eigenvalue weighted by Gasteiger charge is -2.04. The van der Waals surface area contributed by atoms with Crippen molar-refractivity contribution in [3.8, 4) is 11.3 Å². The van der Waals surface area contributed by atoms with Crippen molar-refractivity contribution in [3.63, 3.8) is 0 Å². The van der Waals surface area contributed by atoms with Gasteiger partial charge in [-0.15, -0.1) is 0 Å². The minimum atomic E-state index is -1.20. The van der Waals surface area contributed by atoms with E-state index in [1.807, 2.05) is 0 Å². The molecule has 0 amide bonds.